The molecule has 0 amide bonds. The molecule has 0 fully saturated rings. The van der Waals surface area contributed by atoms with Crippen LogP contribution < -0.4 is 9.47 Å². The Hall–Kier alpha value is -3.29. The highest BCUT2D eigenvalue weighted by molar-refractivity contribution is 6.00. The monoisotopic (exact) mass is 515 g/mol. The van der Waals surface area contributed by atoms with Crippen molar-refractivity contribution in [1.82, 2.24) is 4.98 Å². The van der Waals surface area contributed by atoms with Gasteiger partial charge in [-0.25, -0.2) is 9.37 Å². The van der Waals surface area contributed by atoms with Gasteiger partial charge in [-0.05, 0) is 48.9 Å². The average molecular weight is 516 g/mol. The molecule has 8 heteroatoms. The van der Waals surface area contributed by atoms with Crippen molar-refractivity contribution >= 4 is 17.7 Å². The first-order valence-corrected chi connectivity index (χ1v) is 12.6. The number of aromatic nitrogens is 1. The Bertz CT molecular complexity index is 1110. The highest BCUT2D eigenvalue weighted by Gasteiger charge is 2.31. The molecule has 37 heavy (non-hydrogen) atoms. The van der Waals surface area contributed by atoms with Crippen LogP contribution in [0.1, 0.15) is 81.9 Å². The number of methoxy groups -OCH3 is 1. The summed E-state index contributed by atoms with van der Waals surface area (Å²) >= 11 is 0. The molecule has 0 spiro atoms. The van der Waals surface area contributed by atoms with Gasteiger partial charge in [0.25, 0.3) is 0 Å². The minimum absolute atomic E-state index is 0.0544. The summed E-state index contributed by atoms with van der Waals surface area (Å²) in [5.74, 6) is -2.43. The number of aryl methyl sites for hydroxylation is 1. The Balaban J connectivity index is 2.17. The van der Waals surface area contributed by atoms with Crippen LogP contribution in [0.3, 0.4) is 0 Å². The van der Waals surface area contributed by atoms with Gasteiger partial charge in [-0.3, -0.25) is 14.4 Å². The molecule has 7 nitrogen and oxygen atoms in total. The summed E-state index contributed by atoms with van der Waals surface area (Å²) < 4.78 is 30.1. The van der Waals surface area contributed by atoms with Gasteiger partial charge in [0.15, 0.2) is 17.2 Å². The summed E-state index contributed by atoms with van der Waals surface area (Å²) in [7, 11) is 1.40. The highest BCUT2D eigenvalue weighted by Crippen LogP contribution is 2.34. The van der Waals surface area contributed by atoms with Crippen LogP contribution in [0, 0.1) is 30.5 Å². The van der Waals surface area contributed by atoms with E-state index in [9.17, 15) is 18.8 Å². The van der Waals surface area contributed by atoms with Gasteiger partial charge in [-0.15, -0.1) is 0 Å². The first-order chi connectivity index (χ1) is 17.3. The predicted octanol–water partition coefficient (Wildman–Crippen LogP) is 6.07. The van der Waals surface area contributed by atoms with Crippen LogP contribution in [-0.4, -0.2) is 35.9 Å². The molecule has 1 aromatic heterocycles. The van der Waals surface area contributed by atoms with Crippen molar-refractivity contribution in [2.24, 2.45) is 17.8 Å². The molecule has 3 atom stereocenters. The summed E-state index contributed by atoms with van der Waals surface area (Å²) in [6, 6.07) is 6.09. The molecule has 202 valence electrons. The van der Waals surface area contributed by atoms with Gasteiger partial charge in [0.1, 0.15) is 11.9 Å². The fraction of sp³-hybridized carbons (Fsp3) is 0.517. The minimum atomic E-state index is -0.774. The predicted molar refractivity (Wildman–Crippen MR) is 138 cm³/mol. The Morgan fingerprint density at radius 1 is 1.00 bits per heavy atom. The number of pyridine rings is 1. The van der Waals surface area contributed by atoms with Crippen molar-refractivity contribution in [3.8, 4) is 11.5 Å². The maximum atomic E-state index is 13.6. The lowest BCUT2D eigenvalue weighted by Crippen LogP contribution is -2.30. The standard InChI is InChI=1S/C29H38FNO6/c1-16(2)13-25(33)37-28-24(35-8)11-12-31-27(28)23(32)15-19(6)29(34)36-20(7)26(17(3)4)22-10-9-21(30)14-18(22)5/h9-12,14,16-17,19-20,26H,13,15H2,1-8H3/t19-,20+,26-/m1/s1. The molecule has 0 aliphatic rings. The average Bonchev–Trinajstić information content (AvgIpc) is 2.79. The SMILES string of the molecule is COc1ccnc(C(=O)C[C@@H](C)C(=O)O[C@@H](C)[C@H](c2ccc(F)cc2C)C(C)C)c1OC(=O)CC(C)C. The number of ketones is 1. The van der Waals surface area contributed by atoms with Crippen molar-refractivity contribution in [2.45, 2.75) is 73.3 Å². The molecule has 0 radical (unpaired) electrons. The van der Waals surface area contributed by atoms with Crippen LogP contribution in [0.15, 0.2) is 30.5 Å². The van der Waals surface area contributed by atoms with E-state index in [1.165, 1.54) is 31.5 Å². The number of nitrogens with zero attached hydrogens (tertiary/aromatic N) is 1. The van der Waals surface area contributed by atoms with Crippen LogP contribution in [0.2, 0.25) is 0 Å². The van der Waals surface area contributed by atoms with Crippen molar-refractivity contribution in [3.63, 3.8) is 0 Å². The zero-order valence-electron chi connectivity index (χ0n) is 23.0. The summed E-state index contributed by atoms with van der Waals surface area (Å²) in [6.45, 7) is 13.0. The molecular formula is C29H38FNO6. The molecule has 2 rings (SSSR count). The molecule has 0 saturated carbocycles. The number of hydrogen-bond acceptors (Lipinski definition) is 7. The van der Waals surface area contributed by atoms with Gasteiger partial charge in [-0.1, -0.05) is 40.7 Å². The summed E-state index contributed by atoms with van der Waals surface area (Å²) in [4.78, 5) is 42.5. The molecule has 0 saturated heterocycles. The molecule has 0 unspecified atom stereocenters. The van der Waals surface area contributed by atoms with Crippen molar-refractivity contribution in [1.29, 1.82) is 0 Å². The number of Topliss-reactive ketones (excluding diaryl/α,β-unsaturated/α-hetero) is 1. The summed E-state index contributed by atoms with van der Waals surface area (Å²) in [6.07, 6.45) is 0.852. The van der Waals surface area contributed by atoms with E-state index >= 15 is 0 Å². The molecule has 1 heterocycles. The third kappa shape index (κ3) is 8.10. The van der Waals surface area contributed by atoms with E-state index in [4.69, 9.17) is 14.2 Å². The molecule has 1 aromatic carbocycles. The van der Waals surface area contributed by atoms with Crippen LogP contribution in [-0.2, 0) is 14.3 Å². The van der Waals surface area contributed by atoms with Gasteiger partial charge in [0.05, 0.1) is 13.0 Å². The molecule has 2 aromatic rings. The zero-order valence-corrected chi connectivity index (χ0v) is 23.0. The lowest BCUT2D eigenvalue weighted by Gasteiger charge is -2.30. The van der Waals surface area contributed by atoms with Crippen molar-refractivity contribution in [2.75, 3.05) is 7.11 Å². The second-order valence-corrected chi connectivity index (χ2v) is 10.2. The normalized spacial score (nSPS) is 13.7. The Morgan fingerprint density at radius 3 is 2.24 bits per heavy atom. The zero-order chi connectivity index (χ0) is 27.9. The number of carbonyl (C=O) groups is 3. The van der Waals surface area contributed by atoms with Gasteiger partial charge < -0.3 is 14.2 Å². The van der Waals surface area contributed by atoms with E-state index in [0.717, 1.165) is 11.1 Å². The largest absolute Gasteiger partial charge is 0.493 e. The second kappa shape index (κ2) is 13.3. The maximum Gasteiger partial charge on any atom is 0.311 e. The number of rotatable bonds is 12. The lowest BCUT2D eigenvalue weighted by molar-refractivity contribution is -0.154. The number of hydrogen-bond donors (Lipinski definition) is 0. The summed E-state index contributed by atoms with van der Waals surface area (Å²) in [5, 5.41) is 0. The maximum absolute atomic E-state index is 13.6. The Kier molecular flexibility index (Phi) is 10.8. The number of benzene rings is 1. The van der Waals surface area contributed by atoms with Gasteiger partial charge in [0.2, 0.25) is 5.75 Å². The second-order valence-electron chi connectivity index (χ2n) is 10.2. The Morgan fingerprint density at radius 2 is 1.68 bits per heavy atom. The Labute approximate surface area is 218 Å². The fourth-order valence-corrected chi connectivity index (χ4v) is 4.38. The first-order valence-electron chi connectivity index (χ1n) is 12.6. The highest BCUT2D eigenvalue weighted by atomic mass is 19.1. The molecule has 0 N–H and O–H groups in total. The lowest BCUT2D eigenvalue weighted by atomic mass is 9.82. The smallest absolute Gasteiger partial charge is 0.311 e. The molecular weight excluding hydrogens is 477 g/mol. The van der Waals surface area contributed by atoms with E-state index in [1.807, 2.05) is 34.6 Å². The van der Waals surface area contributed by atoms with E-state index < -0.39 is 29.7 Å². The van der Waals surface area contributed by atoms with E-state index in [2.05, 4.69) is 4.98 Å². The van der Waals surface area contributed by atoms with Crippen molar-refractivity contribution in [3.05, 3.63) is 53.1 Å². The van der Waals surface area contributed by atoms with Gasteiger partial charge in [-0.2, -0.15) is 0 Å². The summed E-state index contributed by atoms with van der Waals surface area (Å²) in [5.41, 5.74) is 1.62. The molecule has 0 bridgehead atoms. The van der Waals surface area contributed by atoms with Crippen LogP contribution >= 0.6 is 0 Å². The van der Waals surface area contributed by atoms with E-state index in [-0.39, 0.29) is 53.6 Å². The van der Waals surface area contributed by atoms with Crippen LogP contribution in [0.5, 0.6) is 11.5 Å². The van der Waals surface area contributed by atoms with Gasteiger partial charge >= 0.3 is 11.9 Å². The first kappa shape index (κ1) is 29.9. The van der Waals surface area contributed by atoms with Gasteiger partial charge in [0, 0.05) is 31.0 Å². The number of ether oxygens (including phenoxy) is 3. The van der Waals surface area contributed by atoms with Crippen molar-refractivity contribution < 1.29 is 33.0 Å². The number of esters is 2. The molecule has 0 aliphatic carbocycles. The minimum Gasteiger partial charge on any atom is -0.493 e. The van der Waals surface area contributed by atoms with E-state index in [0.29, 0.717) is 0 Å². The number of carbonyl (C=O) groups excluding carboxylic acids is 3. The third-order valence-corrected chi connectivity index (χ3v) is 6.15. The van der Waals surface area contributed by atoms with Crippen LogP contribution in [0.25, 0.3) is 0 Å². The van der Waals surface area contributed by atoms with Crippen LogP contribution in [0.4, 0.5) is 4.39 Å². The number of halogens is 1. The third-order valence-electron chi connectivity index (χ3n) is 6.15. The van der Waals surface area contributed by atoms with E-state index in [1.54, 1.807) is 19.9 Å². The quantitative estimate of drug-likeness (QED) is 0.250. The fourth-order valence-electron chi connectivity index (χ4n) is 4.38. The topological polar surface area (TPSA) is 91.8 Å². The molecule has 0 aliphatic heterocycles.